The molecule has 24 heavy (non-hydrogen) atoms. The molecule has 1 N–H and O–H groups in total. The fourth-order valence-corrected chi connectivity index (χ4v) is 2.20. The minimum Gasteiger partial charge on any atom is -0.409 e. The third-order valence-electron chi connectivity index (χ3n) is 3.46. The van der Waals surface area contributed by atoms with Gasteiger partial charge >= 0.3 is 18.4 Å². The van der Waals surface area contributed by atoms with Crippen LogP contribution in [0.15, 0.2) is 18.2 Å². The summed E-state index contributed by atoms with van der Waals surface area (Å²) >= 11 is 0. The largest absolute Gasteiger partial charge is 0.540 e. The van der Waals surface area contributed by atoms with E-state index >= 15 is 0 Å². The number of nitrogens with zero attached hydrogens (tertiary/aromatic N) is 1. The van der Waals surface area contributed by atoms with Crippen molar-refractivity contribution in [1.29, 1.82) is 0 Å². The number of hydrogen-bond acceptors (Lipinski definition) is 3. The Hall–Kier alpha value is -2.03. The molecular formula is C15H18F4N2O3. The van der Waals surface area contributed by atoms with Gasteiger partial charge in [-0.05, 0) is 24.6 Å². The van der Waals surface area contributed by atoms with E-state index in [4.69, 9.17) is 0 Å². The second-order valence-corrected chi connectivity index (χ2v) is 5.45. The summed E-state index contributed by atoms with van der Waals surface area (Å²) < 4.78 is 60.6. The van der Waals surface area contributed by atoms with Crippen LogP contribution in [0, 0.1) is 0 Å². The molecule has 0 unspecified atom stereocenters. The van der Waals surface area contributed by atoms with E-state index in [-0.39, 0.29) is 5.69 Å². The molecule has 0 spiro atoms. The highest BCUT2D eigenvalue weighted by Gasteiger charge is 2.54. The number of benzene rings is 1. The third kappa shape index (κ3) is 4.28. The Balaban J connectivity index is 2.10. The van der Waals surface area contributed by atoms with Crippen LogP contribution in [0.5, 0.6) is 5.75 Å². The molecule has 0 radical (unpaired) electrons. The van der Waals surface area contributed by atoms with Crippen LogP contribution in [-0.4, -0.2) is 30.8 Å². The van der Waals surface area contributed by atoms with Gasteiger partial charge < -0.3 is 15.0 Å². The summed E-state index contributed by atoms with van der Waals surface area (Å²) in [6.45, 7) is 2.54. The van der Waals surface area contributed by atoms with Crippen molar-refractivity contribution in [2.45, 2.75) is 38.6 Å². The fraction of sp³-hybridized carbons (Fsp3) is 0.533. The van der Waals surface area contributed by atoms with Crippen LogP contribution < -0.4 is 10.1 Å². The van der Waals surface area contributed by atoms with Crippen molar-refractivity contribution in [2.24, 2.45) is 0 Å². The van der Waals surface area contributed by atoms with Gasteiger partial charge in [0, 0.05) is 19.3 Å². The summed E-state index contributed by atoms with van der Waals surface area (Å²) in [5, 5.41) is 2.43. The summed E-state index contributed by atoms with van der Waals surface area (Å²) in [4.78, 5) is 13.4. The molecule has 1 aromatic rings. The van der Waals surface area contributed by atoms with E-state index in [2.05, 4.69) is 14.8 Å². The number of nitrogens with one attached hydrogen (secondary N) is 1. The highest BCUT2D eigenvalue weighted by atomic mass is 19.3. The van der Waals surface area contributed by atoms with Gasteiger partial charge in [0.05, 0.1) is 5.56 Å². The number of ether oxygens (including phenoxy) is 2. The summed E-state index contributed by atoms with van der Waals surface area (Å²) in [5.74, 6) is -0.703. The maximum atomic E-state index is 13.7. The minimum atomic E-state index is -4.42. The van der Waals surface area contributed by atoms with E-state index in [9.17, 15) is 22.4 Å². The zero-order chi connectivity index (χ0) is 18.0. The molecule has 0 saturated carbocycles. The van der Waals surface area contributed by atoms with E-state index in [0.29, 0.717) is 6.54 Å². The van der Waals surface area contributed by atoms with E-state index in [1.165, 1.54) is 11.0 Å². The standard InChI is InChI=1S/C15H18F4N2O3/c1-3-4-5-8-21(2)13(22)20-10-6-7-12-11(9-10)14(16,17)24-15(18,19)23-12/h6-7,9H,3-5,8H2,1-2H3,(H,20,22). The number of alkyl halides is 4. The molecule has 2 amide bonds. The van der Waals surface area contributed by atoms with Crippen molar-refractivity contribution in [2.75, 3.05) is 18.9 Å². The summed E-state index contributed by atoms with van der Waals surface area (Å²) in [6, 6.07) is 2.50. The molecule has 1 aliphatic rings. The van der Waals surface area contributed by atoms with Gasteiger partial charge in [0.25, 0.3) is 0 Å². The van der Waals surface area contributed by atoms with E-state index in [1.807, 2.05) is 6.92 Å². The second-order valence-electron chi connectivity index (χ2n) is 5.45. The van der Waals surface area contributed by atoms with Crippen LogP contribution >= 0.6 is 0 Å². The molecule has 0 bridgehead atoms. The number of halogens is 4. The Labute approximate surface area is 136 Å². The second kappa shape index (κ2) is 6.84. The lowest BCUT2D eigenvalue weighted by atomic mass is 10.1. The van der Waals surface area contributed by atoms with Crippen molar-refractivity contribution in [3.63, 3.8) is 0 Å². The third-order valence-corrected chi connectivity index (χ3v) is 3.46. The zero-order valence-corrected chi connectivity index (χ0v) is 13.2. The lowest BCUT2D eigenvalue weighted by Gasteiger charge is -2.30. The molecule has 1 aliphatic heterocycles. The Morgan fingerprint density at radius 1 is 1.25 bits per heavy atom. The van der Waals surface area contributed by atoms with Crippen LogP contribution in [0.1, 0.15) is 31.7 Å². The van der Waals surface area contributed by atoms with Crippen LogP contribution in [0.4, 0.5) is 28.0 Å². The highest BCUT2D eigenvalue weighted by Crippen LogP contribution is 2.46. The molecule has 9 heteroatoms. The number of urea groups is 1. The van der Waals surface area contributed by atoms with Gasteiger partial charge in [-0.15, -0.1) is 8.78 Å². The first-order valence-corrected chi connectivity index (χ1v) is 7.46. The molecule has 0 aliphatic carbocycles. The topological polar surface area (TPSA) is 50.8 Å². The van der Waals surface area contributed by atoms with Gasteiger partial charge in [0.15, 0.2) is 0 Å². The van der Waals surface area contributed by atoms with Crippen molar-refractivity contribution in [1.82, 2.24) is 4.90 Å². The quantitative estimate of drug-likeness (QED) is 0.634. The van der Waals surface area contributed by atoms with E-state index in [0.717, 1.165) is 31.4 Å². The smallest absolute Gasteiger partial charge is 0.409 e. The van der Waals surface area contributed by atoms with E-state index < -0.39 is 29.7 Å². The molecule has 0 saturated heterocycles. The average Bonchev–Trinajstić information content (AvgIpc) is 2.46. The number of hydrogen-bond donors (Lipinski definition) is 1. The van der Waals surface area contributed by atoms with Crippen LogP contribution in [-0.2, 0) is 10.8 Å². The molecule has 2 rings (SSSR count). The van der Waals surface area contributed by atoms with Gasteiger partial charge in [-0.3, -0.25) is 0 Å². The van der Waals surface area contributed by atoms with Gasteiger partial charge in [-0.25, -0.2) is 9.53 Å². The Kier molecular flexibility index (Phi) is 5.22. The summed E-state index contributed by atoms with van der Waals surface area (Å²) in [5.41, 5.74) is -0.849. The minimum absolute atomic E-state index is 0.0261. The highest BCUT2D eigenvalue weighted by molar-refractivity contribution is 5.89. The molecule has 134 valence electrons. The molecule has 5 nitrogen and oxygen atoms in total. The summed E-state index contributed by atoms with van der Waals surface area (Å²) in [6.07, 6.45) is -5.86. The maximum Gasteiger partial charge on any atom is 0.540 e. The first kappa shape index (κ1) is 18.3. The first-order chi connectivity index (χ1) is 11.1. The number of carbonyl (C=O) groups is 1. The SMILES string of the molecule is CCCCCN(C)C(=O)Nc1ccc2c(c1)C(F)(F)OC(F)(F)O2. The fourth-order valence-electron chi connectivity index (χ4n) is 2.20. The molecule has 0 atom stereocenters. The zero-order valence-electron chi connectivity index (χ0n) is 13.2. The Bertz CT molecular complexity index is 610. The number of amides is 2. The molecule has 0 aromatic heterocycles. The van der Waals surface area contributed by atoms with Crippen molar-refractivity contribution < 1.29 is 31.8 Å². The van der Waals surface area contributed by atoms with Crippen molar-refractivity contribution in [3.8, 4) is 5.75 Å². The van der Waals surface area contributed by atoms with E-state index in [1.54, 1.807) is 7.05 Å². The van der Waals surface area contributed by atoms with Crippen LogP contribution in [0.25, 0.3) is 0 Å². The maximum absolute atomic E-state index is 13.7. The monoisotopic (exact) mass is 350 g/mol. The number of anilines is 1. The van der Waals surface area contributed by atoms with Crippen LogP contribution in [0.2, 0.25) is 0 Å². The lowest BCUT2D eigenvalue weighted by Crippen LogP contribution is -2.41. The molecular weight excluding hydrogens is 332 g/mol. The van der Waals surface area contributed by atoms with Crippen LogP contribution in [0.3, 0.4) is 0 Å². The van der Waals surface area contributed by atoms with Gasteiger partial charge in [0.1, 0.15) is 5.75 Å². The molecule has 1 aromatic carbocycles. The average molecular weight is 350 g/mol. The number of rotatable bonds is 5. The van der Waals surface area contributed by atoms with Gasteiger partial charge in [-0.2, -0.15) is 8.78 Å². The van der Waals surface area contributed by atoms with Crippen molar-refractivity contribution in [3.05, 3.63) is 23.8 Å². The van der Waals surface area contributed by atoms with Gasteiger partial charge in [-0.1, -0.05) is 19.8 Å². The predicted molar refractivity (Wildman–Crippen MR) is 78.2 cm³/mol. The number of fused-ring (bicyclic) bond motifs is 1. The summed E-state index contributed by atoms with van der Waals surface area (Å²) in [7, 11) is 1.57. The van der Waals surface area contributed by atoms with Crippen molar-refractivity contribution >= 4 is 11.7 Å². The number of carbonyl (C=O) groups excluding carboxylic acids is 1. The predicted octanol–water partition coefficient (Wildman–Crippen LogP) is 4.35. The first-order valence-electron chi connectivity index (χ1n) is 7.46. The van der Waals surface area contributed by atoms with Gasteiger partial charge in [0.2, 0.25) is 0 Å². The Morgan fingerprint density at radius 3 is 2.62 bits per heavy atom. The lowest BCUT2D eigenvalue weighted by molar-refractivity contribution is -0.461. The number of unbranched alkanes of at least 4 members (excludes halogenated alkanes) is 2. The molecule has 0 fully saturated rings. The molecule has 1 heterocycles. The Morgan fingerprint density at radius 2 is 1.96 bits per heavy atom. The normalized spacial score (nSPS) is 17.6.